The largest absolute Gasteiger partial charge is 0.393 e. The number of hydrogen-bond donors (Lipinski definition) is 1. The molecule has 3 atom stereocenters. The smallest absolute Gasteiger partial charge is 0.0537 e. The highest BCUT2D eigenvalue weighted by Crippen LogP contribution is 2.45. The Morgan fingerprint density at radius 2 is 1.93 bits per heavy atom. The monoisotopic (exact) mass is 210 g/mol. The van der Waals surface area contributed by atoms with E-state index in [2.05, 4.69) is 6.92 Å². The first kappa shape index (κ1) is 11.4. The second kappa shape index (κ2) is 5.34. The topological polar surface area (TPSA) is 20.2 Å². The van der Waals surface area contributed by atoms with Crippen LogP contribution in [0.15, 0.2) is 0 Å². The molecule has 2 saturated carbocycles. The Bertz CT molecular complexity index is 186. The average molecular weight is 210 g/mol. The predicted octanol–water partition coefficient (Wildman–Crippen LogP) is 3.75. The van der Waals surface area contributed by atoms with Gasteiger partial charge in [-0.1, -0.05) is 32.6 Å². The van der Waals surface area contributed by atoms with Crippen molar-refractivity contribution in [3.63, 3.8) is 0 Å². The van der Waals surface area contributed by atoms with Crippen molar-refractivity contribution < 1.29 is 5.11 Å². The first-order chi connectivity index (χ1) is 7.29. The molecule has 3 unspecified atom stereocenters. The molecule has 88 valence electrons. The van der Waals surface area contributed by atoms with Gasteiger partial charge in [-0.3, -0.25) is 0 Å². The Balaban J connectivity index is 1.64. The Kier molecular flexibility index (Phi) is 4.07. The van der Waals surface area contributed by atoms with E-state index >= 15 is 0 Å². The second-order valence-electron chi connectivity index (χ2n) is 5.77. The van der Waals surface area contributed by atoms with Gasteiger partial charge in [0, 0.05) is 0 Å². The fourth-order valence-electron chi connectivity index (χ4n) is 3.35. The molecule has 1 nitrogen and oxygen atoms in total. The number of rotatable bonds is 5. The minimum absolute atomic E-state index is 0.0345. The zero-order valence-electron chi connectivity index (χ0n) is 10.1. The molecule has 0 aromatic rings. The molecule has 2 aliphatic rings. The SMILES string of the molecule is CCC(O)CCC1CCC(C2CCC2)C1. The second-order valence-corrected chi connectivity index (χ2v) is 5.77. The number of aliphatic hydroxyl groups is 1. The summed E-state index contributed by atoms with van der Waals surface area (Å²) in [6, 6.07) is 0. The lowest BCUT2D eigenvalue weighted by atomic mass is 9.75. The van der Waals surface area contributed by atoms with Gasteiger partial charge in [0.2, 0.25) is 0 Å². The Morgan fingerprint density at radius 1 is 1.13 bits per heavy atom. The van der Waals surface area contributed by atoms with E-state index in [1.807, 2.05) is 0 Å². The maximum absolute atomic E-state index is 9.55. The fourth-order valence-corrected chi connectivity index (χ4v) is 3.35. The molecule has 0 radical (unpaired) electrons. The van der Waals surface area contributed by atoms with Crippen LogP contribution in [-0.4, -0.2) is 11.2 Å². The van der Waals surface area contributed by atoms with Crippen molar-refractivity contribution in [3.05, 3.63) is 0 Å². The zero-order chi connectivity index (χ0) is 10.7. The van der Waals surface area contributed by atoms with E-state index in [-0.39, 0.29) is 6.10 Å². The maximum atomic E-state index is 9.55. The standard InChI is InChI=1S/C14H26O/c1-2-14(15)9-7-11-6-8-13(10-11)12-4-3-5-12/h11-15H,2-10H2,1H3. The summed E-state index contributed by atoms with van der Waals surface area (Å²) in [5, 5.41) is 9.55. The van der Waals surface area contributed by atoms with Crippen LogP contribution in [0.2, 0.25) is 0 Å². The molecule has 1 heteroatoms. The third-order valence-corrected chi connectivity index (χ3v) is 4.78. The van der Waals surface area contributed by atoms with Crippen molar-refractivity contribution in [1.82, 2.24) is 0 Å². The molecule has 0 aliphatic heterocycles. The van der Waals surface area contributed by atoms with Crippen LogP contribution in [0.5, 0.6) is 0 Å². The quantitative estimate of drug-likeness (QED) is 0.732. The summed E-state index contributed by atoms with van der Waals surface area (Å²) in [6.45, 7) is 2.08. The Hall–Kier alpha value is -0.0400. The maximum Gasteiger partial charge on any atom is 0.0537 e. The van der Waals surface area contributed by atoms with Crippen LogP contribution < -0.4 is 0 Å². The van der Waals surface area contributed by atoms with Crippen LogP contribution in [0.3, 0.4) is 0 Å². The van der Waals surface area contributed by atoms with Crippen molar-refractivity contribution in [1.29, 1.82) is 0 Å². The molecule has 0 bridgehead atoms. The zero-order valence-corrected chi connectivity index (χ0v) is 10.1. The van der Waals surface area contributed by atoms with Gasteiger partial charge in [-0.15, -0.1) is 0 Å². The minimum atomic E-state index is -0.0345. The van der Waals surface area contributed by atoms with Gasteiger partial charge < -0.3 is 5.11 Å². The van der Waals surface area contributed by atoms with E-state index in [1.165, 1.54) is 44.9 Å². The van der Waals surface area contributed by atoms with Gasteiger partial charge in [-0.05, 0) is 49.9 Å². The van der Waals surface area contributed by atoms with Crippen LogP contribution >= 0.6 is 0 Å². The summed E-state index contributed by atoms with van der Waals surface area (Å²) in [5.41, 5.74) is 0. The molecule has 2 fully saturated rings. The van der Waals surface area contributed by atoms with Crippen molar-refractivity contribution in [3.8, 4) is 0 Å². The van der Waals surface area contributed by atoms with E-state index in [1.54, 1.807) is 0 Å². The highest BCUT2D eigenvalue weighted by atomic mass is 16.3. The van der Waals surface area contributed by atoms with Gasteiger partial charge in [0.15, 0.2) is 0 Å². The minimum Gasteiger partial charge on any atom is -0.393 e. The van der Waals surface area contributed by atoms with Crippen molar-refractivity contribution in [2.24, 2.45) is 17.8 Å². The van der Waals surface area contributed by atoms with E-state index < -0.39 is 0 Å². The van der Waals surface area contributed by atoms with Crippen LogP contribution in [0.1, 0.15) is 64.7 Å². The van der Waals surface area contributed by atoms with Gasteiger partial charge in [0.1, 0.15) is 0 Å². The van der Waals surface area contributed by atoms with Gasteiger partial charge >= 0.3 is 0 Å². The van der Waals surface area contributed by atoms with Crippen LogP contribution in [-0.2, 0) is 0 Å². The first-order valence-electron chi connectivity index (χ1n) is 6.97. The molecule has 0 aromatic carbocycles. The summed E-state index contributed by atoms with van der Waals surface area (Å²) in [5.74, 6) is 3.09. The Morgan fingerprint density at radius 3 is 2.53 bits per heavy atom. The molecule has 1 N–H and O–H groups in total. The first-order valence-corrected chi connectivity index (χ1v) is 6.97. The van der Waals surface area contributed by atoms with E-state index in [9.17, 15) is 5.11 Å². The van der Waals surface area contributed by atoms with Gasteiger partial charge in [-0.25, -0.2) is 0 Å². The molecule has 2 rings (SSSR count). The normalized spacial score (nSPS) is 34.0. The van der Waals surface area contributed by atoms with E-state index in [4.69, 9.17) is 0 Å². The Labute approximate surface area is 94.3 Å². The van der Waals surface area contributed by atoms with Gasteiger partial charge in [0.05, 0.1) is 6.10 Å². The molecule has 0 aromatic heterocycles. The van der Waals surface area contributed by atoms with Crippen molar-refractivity contribution in [2.45, 2.75) is 70.8 Å². The van der Waals surface area contributed by atoms with Crippen LogP contribution in [0, 0.1) is 17.8 Å². The molecule has 15 heavy (non-hydrogen) atoms. The lowest BCUT2D eigenvalue weighted by Crippen LogP contribution is -2.19. The number of aliphatic hydroxyl groups excluding tert-OH is 1. The van der Waals surface area contributed by atoms with Gasteiger partial charge in [-0.2, -0.15) is 0 Å². The van der Waals surface area contributed by atoms with E-state index in [0.717, 1.165) is 30.6 Å². The predicted molar refractivity (Wildman–Crippen MR) is 63.7 cm³/mol. The fraction of sp³-hybridized carbons (Fsp3) is 1.00. The summed E-state index contributed by atoms with van der Waals surface area (Å²) >= 11 is 0. The summed E-state index contributed by atoms with van der Waals surface area (Å²) in [7, 11) is 0. The molecule has 0 saturated heterocycles. The number of hydrogen-bond acceptors (Lipinski definition) is 1. The highest BCUT2D eigenvalue weighted by molar-refractivity contribution is 4.84. The highest BCUT2D eigenvalue weighted by Gasteiger charge is 2.33. The summed E-state index contributed by atoms with van der Waals surface area (Å²) in [6.07, 6.45) is 12.1. The third-order valence-electron chi connectivity index (χ3n) is 4.78. The average Bonchev–Trinajstić information content (AvgIpc) is 2.60. The lowest BCUT2D eigenvalue weighted by Gasteiger charge is -2.31. The van der Waals surface area contributed by atoms with Gasteiger partial charge in [0.25, 0.3) is 0 Å². The molecule has 0 spiro atoms. The molecule has 0 heterocycles. The molecule has 2 aliphatic carbocycles. The summed E-state index contributed by atoms with van der Waals surface area (Å²) < 4.78 is 0. The molecular weight excluding hydrogens is 184 g/mol. The van der Waals surface area contributed by atoms with Crippen molar-refractivity contribution in [2.75, 3.05) is 0 Å². The van der Waals surface area contributed by atoms with E-state index in [0.29, 0.717) is 0 Å². The van der Waals surface area contributed by atoms with Crippen LogP contribution in [0.4, 0.5) is 0 Å². The third kappa shape index (κ3) is 2.96. The molecule has 0 amide bonds. The van der Waals surface area contributed by atoms with Crippen molar-refractivity contribution >= 4 is 0 Å². The summed E-state index contributed by atoms with van der Waals surface area (Å²) in [4.78, 5) is 0. The lowest BCUT2D eigenvalue weighted by molar-refractivity contribution is 0.148. The van der Waals surface area contributed by atoms with Crippen LogP contribution in [0.25, 0.3) is 0 Å². The molecular formula is C14H26O.